The standard InChI is InChI=1S/C30H34ClFN6O3/c1-3-24(32)29-23(14-21(31)15-35-29)30(40)36-22-10-8-20(9-11-22)18-37-19(2)38(26-7-5-4-6-25(26)37)27-16-34-28(17-33-27)41-13-12-39/h4-7,14-17,20,22,24,39H,2-3,8-13,18H2,1H3,(H,36,40)/t20?,22?,24-/m0/s1. The number of nitrogens with one attached hydrogen (secondary N) is 1. The second-order valence-electron chi connectivity index (χ2n) is 10.3. The fourth-order valence-electron chi connectivity index (χ4n) is 5.47. The largest absolute Gasteiger partial charge is 0.474 e. The summed E-state index contributed by atoms with van der Waals surface area (Å²) in [4.78, 5) is 30.2. The van der Waals surface area contributed by atoms with E-state index in [1.165, 1.54) is 18.5 Å². The van der Waals surface area contributed by atoms with Gasteiger partial charge in [-0.25, -0.2) is 14.4 Å². The molecule has 0 radical (unpaired) electrons. The average molecular weight is 581 g/mol. The number of para-hydroxylation sites is 2. The number of carbonyl (C=O) groups is 1. The van der Waals surface area contributed by atoms with Gasteiger partial charge in [0.2, 0.25) is 5.88 Å². The number of aliphatic hydroxyl groups excluding tert-OH is 1. The monoisotopic (exact) mass is 580 g/mol. The lowest BCUT2D eigenvalue weighted by molar-refractivity contribution is 0.0918. The SMILES string of the molecule is C=C1N(CC2CCC(NC(=O)c3cc(Cl)cnc3[C@@H](F)CC)CC2)c2ccccc2N1c1cnc(OCCO)cn1. The van der Waals surface area contributed by atoms with E-state index in [0.29, 0.717) is 22.6 Å². The van der Waals surface area contributed by atoms with E-state index < -0.39 is 6.17 Å². The first-order chi connectivity index (χ1) is 19.9. The first-order valence-corrected chi connectivity index (χ1v) is 14.3. The summed E-state index contributed by atoms with van der Waals surface area (Å²) >= 11 is 6.07. The van der Waals surface area contributed by atoms with E-state index in [2.05, 4.69) is 37.8 Å². The zero-order chi connectivity index (χ0) is 28.9. The molecule has 1 aliphatic carbocycles. The van der Waals surface area contributed by atoms with Crippen LogP contribution in [-0.4, -0.2) is 51.8 Å². The highest BCUT2D eigenvalue weighted by Crippen LogP contribution is 2.45. The predicted octanol–water partition coefficient (Wildman–Crippen LogP) is 5.73. The first-order valence-electron chi connectivity index (χ1n) is 13.9. The third kappa shape index (κ3) is 6.28. The minimum absolute atomic E-state index is 0.00215. The Hall–Kier alpha value is -3.76. The molecule has 11 heteroatoms. The number of benzene rings is 1. The summed E-state index contributed by atoms with van der Waals surface area (Å²) in [5.74, 6) is 1.83. The van der Waals surface area contributed by atoms with Crippen molar-refractivity contribution < 1.29 is 19.0 Å². The number of pyridine rings is 1. The molecule has 1 amide bonds. The molecule has 1 atom stereocenters. The molecule has 9 nitrogen and oxygen atoms in total. The summed E-state index contributed by atoms with van der Waals surface area (Å²) in [6.07, 6.45) is 6.96. The normalized spacial score (nSPS) is 19.2. The molecule has 0 unspecified atom stereocenters. The zero-order valence-corrected chi connectivity index (χ0v) is 23.7. The first kappa shape index (κ1) is 28.8. The number of fused-ring (bicyclic) bond motifs is 1. The van der Waals surface area contributed by atoms with Gasteiger partial charge >= 0.3 is 0 Å². The average Bonchev–Trinajstić information content (AvgIpc) is 3.27. The highest BCUT2D eigenvalue weighted by molar-refractivity contribution is 6.30. The Balaban J connectivity index is 1.22. The van der Waals surface area contributed by atoms with Crippen molar-refractivity contribution in [3.05, 3.63) is 77.6 Å². The van der Waals surface area contributed by atoms with Crippen LogP contribution in [0, 0.1) is 5.92 Å². The van der Waals surface area contributed by atoms with E-state index in [9.17, 15) is 9.18 Å². The minimum atomic E-state index is -1.32. The third-order valence-electron chi connectivity index (χ3n) is 7.58. The van der Waals surface area contributed by atoms with Gasteiger partial charge in [-0.1, -0.05) is 37.2 Å². The van der Waals surface area contributed by atoms with Gasteiger partial charge in [-0.05, 0) is 56.2 Å². The number of nitrogens with zero attached hydrogens (tertiary/aromatic N) is 5. The number of halogens is 2. The molecule has 2 aliphatic rings. The molecule has 0 saturated heterocycles. The Morgan fingerprint density at radius 1 is 1.17 bits per heavy atom. The number of rotatable bonds is 10. The van der Waals surface area contributed by atoms with Crippen molar-refractivity contribution >= 4 is 34.7 Å². The lowest BCUT2D eigenvalue weighted by atomic mass is 9.85. The maximum Gasteiger partial charge on any atom is 0.253 e. The maximum absolute atomic E-state index is 14.5. The van der Waals surface area contributed by atoms with Crippen LogP contribution >= 0.6 is 11.6 Å². The van der Waals surface area contributed by atoms with E-state index >= 15 is 0 Å². The number of aliphatic hydroxyl groups is 1. The predicted molar refractivity (Wildman–Crippen MR) is 156 cm³/mol. The van der Waals surface area contributed by atoms with E-state index in [1.807, 2.05) is 23.1 Å². The fraction of sp³-hybridized carbons (Fsp3) is 0.400. The molecule has 0 bridgehead atoms. The van der Waals surface area contributed by atoms with Gasteiger partial charge in [0.1, 0.15) is 18.6 Å². The maximum atomic E-state index is 14.5. The topological polar surface area (TPSA) is 104 Å². The number of amides is 1. The molecule has 2 N–H and O–H groups in total. The fourth-order valence-corrected chi connectivity index (χ4v) is 5.63. The van der Waals surface area contributed by atoms with Crippen molar-refractivity contribution in [1.82, 2.24) is 20.3 Å². The second kappa shape index (κ2) is 12.8. The summed E-state index contributed by atoms with van der Waals surface area (Å²) in [5.41, 5.74) is 2.36. The Bertz CT molecular complexity index is 1380. The Kier molecular flexibility index (Phi) is 8.99. The Morgan fingerprint density at radius 2 is 1.93 bits per heavy atom. The van der Waals surface area contributed by atoms with Crippen LogP contribution in [0.2, 0.25) is 5.02 Å². The Labute approximate surface area is 244 Å². The van der Waals surface area contributed by atoms with Gasteiger partial charge in [0.05, 0.1) is 46.7 Å². The molecule has 1 aromatic carbocycles. The van der Waals surface area contributed by atoms with Crippen LogP contribution in [0.4, 0.5) is 21.6 Å². The van der Waals surface area contributed by atoms with E-state index in [-0.39, 0.29) is 42.8 Å². The summed E-state index contributed by atoms with van der Waals surface area (Å²) in [6, 6.07) is 9.59. The number of anilines is 3. The molecule has 3 aromatic rings. The van der Waals surface area contributed by atoms with Crippen molar-refractivity contribution in [1.29, 1.82) is 0 Å². The summed E-state index contributed by atoms with van der Waals surface area (Å²) in [7, 11) is 0. The lowest BCUT2D eigenvalue weighted by Gasteiger charge is -2.33. The van der Waals surface area contributed by atoms with Crippen LogP contribution in [0.5, 0.6) is 5.88 Å². The summed E-state index contributed by atoms with van der Waals surface area (Å²) < 4.78 is 19.8. The molecule has 5 rings (SSSR count). The van der Waals surface area contributed by atoms with Gasteiger partial charge in [-0.2, -0.15) is 0 Å². The van der Waals surface area contributed by atoms with Gasteiger partial charge in [-0.15, -0.1) is 0 Å². The molecular weight excluding hydrogens is 547 g/mol. The minimum Gasteiger partial charge on any atom is -0.474 e. The van der Waals surface area contributed by atoms with Crippen LogP contribution in [0.1, 0.15) is 61.3 Å². The summed E-state index contributed by atoms with van der Waals surface area (Å²) in [6.45, 7) is 6.94. The third-order valence-corrected chi connectivity index (χ3v) is 7.78. The van der Waals surface area contributed by atoms with Crippen molar-refractivity contribution in [2.45, 2.75) is 51.2 Å². The van der Waals surface area contributed by atoms with Gasteiger partial charge < -0.3 is 20.1 Å². The number of hydrogen-bond acceptors (Lipinski definition) is 8. The number of ether oxygens (including phenoxy) is 1. The van der Waals surface area contributed by atoms with Crippen LogP contribution in [0.3, 0.4) is 0 Å². The molecule has 1 fully saturated rings. The van der Waals surface area contributed by atoms with Crippen LogP contribution in [0.15, 0.2) is 61.3 Å². The number of aromatic nitrogens is 3. The van der Waals surface area contributed by atoms with Gasteiger partial charge in [0.15, 0.2) is 5.82 Å². The van der Waals surface area contributed by atoms with Crippen molar-refractivity contribution in [3.8, 4) is 5.88 Å². The second-order valence-corrected chi connectivity index (χ2v) is 10.7. The lowest BCUT2D eigenvalue weighted by Crippen LogP contribution is -2.40. The van der Waals surface area contributed by atoms with Crippen LogP contribution in [0.25, 0.3) is 0 Å². The van der Waals surface area contributed by atoms with Crippen molar-refractivity contribution in [3.63, 3.8) is 0 Å². The highest BCUT2D eigenvalue weighted by atomic mass is 35.5. The number of carbonyl (C=O) groups excluding carboxylic acids is 1. The number of alkyl halides is 1. The van der Waals surface area contributed by atoms with Gasteiger partial charge in [0, 0.05) is 18.8 Å². The molecule has 2 aromatic heterocycles. The smallest absolute Gasteiger partial charge is 0.253 e. The van der Waals surface area contributed by atoms with E-state index in [1.54, 1.807) is 13.1 Å². The summed E-state index contributed by atoms with van der Waals surface area (Å²) in [5, 5.41) is 12.4. The zero-order valence-electron chi connectivity index (χ0n) is 23.0. The van der Waals surface area contributed by atoms with Gasteiger partial charge in [0.25, 0.3) is 5.91 Å². The quantitative estimate of drug-likeness (QED) is 0.313. The van der Waals surface area contributed by atoms with E-state index in [4.69, 9.17) is 21.4 Å². The molecule has 0 spiro atoms. The molecule has 216 valence electrons. The van der Waals surface area contributed by atoms with Crippen molar-refractivity contribution in [2.24, 2.45) is 5.92 Å². The Morgan fingerprint density at radius 3 is 2.61 bits per heavy atom. The molecule has 1 saturated carbocycles. The van der Waals surface area contributed by atoms with Crippen LogP contribution in [-0.2, 0) is 0 Å². The van der Waals surface area contributed by atoms with E-state index in [0.717, 1.165) is 49.4 Å². The molecule has 3 heterocycles. The van der Waals surface area contributed by atoms with Gasteiger partial charge in [-0.3, -0.25) is 14.7 Å². The van der Waals surface area contributed by atoms with Crippen molar-refractivity contribution in [2.75, 3.05) is 29.6 Å². The number of hydrogen-bond donors (Lipinski definition) is 2. The molecule has 41 heavy (non-hydrogen) atoms. The molecule has 1 aliphatic heterocycles. The van der Waals surface area contributed by atoms with Crippen LogP contribution < -0.4 is 19.9 Å². The molecular formula is C30H34ClFN6O3. The highest BCUT2D eigenvalue weighted by Gasteiger charge is 2.34.